The van der Waals surface area contributed by atoms with Crippen LogP contribution < -0.4 is 0 Å². The Hall–Kier alpha value is -1.65. The van der Waals surface area contributed by atoms with E-state index in [1.807, 2.05) is 6.20 Å². The van der Waals surface area contributed by atoms with Gasteiger partial charge >= 0.3 is 0 Å². The van der Waals surface area contributed by atoms with Crippen LogP contribution in [0, 0.1) is 6.92 Å². The highest BCUT2D eigenvalue weighted by molar-refractivity contribution is 5.37. The van der Waals surface area contributed by atoms with Gasteiger partial charge in [-0.2, -0.15) is 5.10 Å². The van der Waals surface area contributed by atoms with Crippen LogP contribution in [0.2, 0.25) is 0 Å². The smallest absolute Gasteiger partial charge is 0.0648 e. The fourth-order valence-corrected chi connectivity index (χ4v) is 2.98. The molecule has 1 aliphatic rings. The van der Waals surface area contributed by atoms with Gasteiger partial charge in [-0.25, -0.2) is 4.68 Å². The highest BCUT2D eigenvalue weighted by Gasteiger charge is 2.16. The van der Waals surface area contributed by atoms with E-state index in [0.717, 1.165) is 44.8 Å². The Kier molecular flexibility index (Phi) is 4.60. The largest absolute Gasteiger partial charge is 0.304 e. The minimum Gasteiger partial charge on any atom is -0.304 e. The van der Waals surface area contributed by atoms with Gasteiger partial charge < -0.3 is 4.90 Å². The Balaban J connectivity index is 1.73. The molecule has 0 bridgehead atoms. The average Bonchev–Trinajstić information content (AvgIpc) is 2.91. The molecule has 0 radical (unpaired) electrons. The average molecular weight is 298 g/mol. The van der Waals surface area contributed by atoms with E-state index < -0.39 is 0 Å². The second-order valence-corrected chi connectivity index (χ2v) is 6.27. The molecule has 3 rings (SSSR count). The van der Waals surface area contributed by atoms with Crippen molar-refractivity contribution in [2.75, 3.05) is 33.2 Å². The number of aromatic nitrogens is 2. The fraction of sp³-hybridized carbons (Fsp3) is 0.500. The van der Waals surface area contributed by atoms with E-state index in [1.165, 1.54) is 16.8 Å². The van der Waals surface area contributed by atoms with E-state index in [9.17, 15) is 0 Å². The van der Waals surface area contributed by atoms with Crippen molar-refractivity contribution in [3.05, 3.63) is 47.3 Å². The first kappa shape index (κ1) is 15.3. The number of aryl methyl sites for hydroxylation is 1. The summed E-state index contributed by atoms with van der Waals surface area (Å²) in [4.78, 5) is 4.91. The molecule has 4 heteroatoms. The van der Waals surface area contributed by atoms with Crippen molar-refractivity contribution in [1.82, 2.24) is 19.6 Å². The van der Waals surface area contributed by atoms with Crippen molar-refractivity contribution in [3.8, 4) is 5.69 Å². The summed E-state index contributed by atoms with van der Waals surface area (Å²) in [7, 11) is 2.20. The van der Waals surface area contributed by atoms with Crippen LogP contribution in [-0.2, 0) is 13.0 Å². The van der Waals surface area contributed by atoms with Gasteiger partial charge in [0, 0.05) is 44.0 Å². The first-order valence-corrected chi connectivity index (χ1v) is 8.21. The molecule has 1 aromatic heterocycles. The lowest BCUT2D eigenvalue weighted by molar-refractivity contribution is 0.148. The van der Waals surface area contributed by atoms with Gasteiger partial charge in [0.1, 0.15) is 0 Å². The summed E-state index contributed by atoms with van der Waals surface area (Å²) in [5.41, 5.74) is 5.11. The highest BCUT2D eigenvalue weighted by Crippen LogP contribution is 2.17. The molecular weight excluding hydrogens is 272 g/mol. The molecule has 0 amide bonds. The predicted octanol–water partition coefficient (Wildman–Crippen LogP) is 2.49. The van der Waals surface area contributed by atoms with E-state index in [4.69, 9.17) is 0 Å². The summed E-state index contributed by atoms with van der Waals surface area (Å²) in [5, 5.41) is 4.60. The topological polar surface area (TPSA) is 24.3 Å². The van der Waals surface area contributed by atoms with Gasteiger partial charge in [-0.3, -0.25) is 4.90 Å². The Morgan fingerprint density at radius 2 is 1.73 bits per heavy atom. The summed E-state index contributed by atoms with van der Waals surface area (Å²) < 4.78 is 2.06. The van der Waals surface area contributed by atoms with Crippen LogP contribution in [0.25, 0.3) is 5.69 Å². The van der Waals surface area contributed by atoms with Crippen LogP contribution in [0.1, 0.15) is 23.7 Å². The van der Waals surface area contributed by atoms with E-state index >= 15 is 0 Å². The third-order valence-corrected chi connectivity index (χ3v) is 4.69. The Morgan fingerprint density at radius 1 is 1.05 bits per heavy atom. The van der Waals surface area contributed by atoms with Crippen LogP contribution in [0.4, 0.5) is 0 Å². The third-order valence-electron chi connectivity index (χ3n) is 4.69. The molecule has 1 aliphatic heterocycles. The van der Waals surface area contributed by atoms with Crippen molar-refractivity contribution >= 4 is 0 Å². The number of likely N-dealkylation sites (N-methyl/N-ethyl adjacent to an activating group) is 1. The second kappa shape index (κ2) is 6.63. The standard InChI is InChI=1S/C18H26N4/c1-4-16-5-7-18(8-6-16)22-15(2)17(13-19-22)14-21-11-9-20(3)10-12-21/h5-8,13H,4,9-12,14H2,1-3H3. The zero-order valence-corrected chi connectivity index (χ0v) is 13.9. The predicted molar refractivity (Wildman–Crippen MR) is 90.5 cm³/mol. The maximum Gasteiger partial charge on any atom is 0.0648 e. The van der Waals surface area contributed by atoms with Gasteiger partial charge in [0.05, 0.1) is 11.9 Å². The molecule has 4 nitrogen and oxygen atoms in total. The molecule has 0 saturated carbocycles. The van der Waals surface area contributed by atoms with Crippen molar-refractivity contribution in [2.24, 2.45) is 0 Å². The second-order valence-electron chi connectivity index (χ2n) is 6.27. The van der Waals surface area contributed by atoms with Crippen molar-refractivity contribution in [1.29, 1.82) is 0 Å². The van der Waals surface area contributed by atoms with Crippen LogP contribution in [0.15, 0.2) is 30.5 Å². The molecular formula is C18H26N4. The molecule has 2 aromatic rings. The maximum atomic E-state index is 4.60. The zero-order valence-electron chi connectivity index (χ0n) is 13.9. The van der Waals surface area contributed by atoms with E-state index in [1.54, 1.807) is 0 Å². The summed E-state index contributed by atoms with van der Waals surface area (Å²) in [6, 6.07) is 8.71. The summed E-state index contributed by atoms with van der Waals surface area (Å²) in [6.45, 7) is 9.97. The summed E-state index contributed by atoms with van der Waals surface area (Å²) in [6.07, 6.45) is 3.11. The van der Waals surface area contributed by atoms with Gasteiger partial charge in [-0.15, -0.1) is 0 Å². The Morgan fingerprint density at radius 3 is 2.36 bits per heavy atom. The van der Waals surface area contributed by atoms with E-state index in [0.29, 0.717) is 0 Å². The Bertz CT molecular complexity index is 607. The van der Waals surface area contributed by atoms with Gasteiger partial charge in [0.2, 0.25) is 0 Å². The molecule has 0 spiro atoms. The van der Waals surface area contributed by atoms with E-state index in [2.05, 4.69) is 64.7 Å². The normalized spacial score (nSPS) is 17.0. The van der Waals surface area contributed by atoms with Crippen LogP contribution in [-0.4, -0.2) is 52.8 Å². The van der Waals surface area contributed by atoms with Gasteiger partial charge in [-0.05, 0) is 38.1 Å². The number of rotatable bonds is 4. The van der Waals surface area contributed by atoms with Crippen LogP contribution in [0.3, 0.4) is 0 Å². The first-order chi connectivity index (χ1) is 10.7. The van der Waals surface area contributed by atoms with Crippen LogP contribution in [0.5, 0.6) is 0 Å². The summed E-state index contributed by atoms with van der Waals surface area (Å²) >= 11 is 0. The number of piperazine rings is 1. The molecule has 118 valence electrons. The number of hydrogen-bond acceptors (Lipinski definition) is 3. The molecule has 0 unspecified atom stereocenters. The molecule has 0 aliphatic carbocycles. The van der Waals surface area contributed by atoms with Crippen molar-refractivity contribution in [3.63, 3.8) is 0 Å². The molecule has 0 N–H and O–H groups in total. The van der Waals surface area contributed by atoms with Gasteiger partial charge in [-0.1, -0.05) is 19.1 Å². The van der Waals surface area contributed by atoms with Crippen LogP contribution >= 0.6 is 0 Å². The summed E-state index contributed by atoms with van der Waals surface area (Å²) in [5.74, 6) is 0. The number of benzene rings is 1. The lowest BCUT2D eigenvalue weighted by Gasteiger charge is -2.32. The molecule has 0 atom stereocenters. The minimum atomic E-state index is 1.01. The first-order valence-electron chi connectivity index (χ1n) is 8.21. The number of hydrogen-bond donors (Lipinski definition) is 0. The molecule has 1 saturated heterocycles. The third kappa shape index (κ3) is 3.23. The lowest BCUT2D eigenvalue weighted by Crippen LogP contribution is -2.43. The monoisotopic (exact) mass is 298 g/mol. The fourth-order valence-electron chi connectivity index (χ4n) is 2.98. The Labute approximate surface area is 133 Å². The maximum absolute atomic E-state index is 4.60. The minimum absolute atomic E-state index is 1.01. The SMILES string of the molecule is CCc1ccc(-n2ncc(CN3CCN(C)CC3)c2C)cc1. The molecule has 2 heterocycles. The van der Waals surface area contributed by atoms with E-state index in [-0.39, 0.29) is 0 Å². The molecule has 1 fully saturated rings. The van der Waals surface area contributed by atoms with Gasteiger partial charge in [0.15, 0.2) is 0 Å². The lowest BCUT2D eigenvalue weighted by atomic mass is 10.1. The highest BCUT2D eigenvalue weighted by atomic mass is 15.3. The van der Waals surface area contributed by atoms with Crippen molar-refractivity contribution in [2.45, 2.75) is 26.8 Å². The van der Waals surface area contributed by atoms with Crippen molar-refractivity contribution < 1.29 is 0 Å². The molecule has 1 aromatic carbocycles. The van der Waals surface area contributed by atoms with Gasteiger partial charge in [0.25, 0.3) is 0 Å². The quantitative estimate of drug-likeness (QED) is 0.867. The molecule has 22 heavy (non-hydrogen) atoms. The zero-order chi connectivity index (χ0) is 15.5. The number of nitrogens with zero attached hydrogens (tertiary/aromatic N) is 4.